The van der Waals surface area contributed by atoms with Crippen molar-refractivity contribution in [2.45, 2.75) is 53.1 Å². The number of carbonyl (C=O) groups excluding carboxylic acids is 1. The number of hydrogen-bond acceptors (Lipinski definition) is 2. The van der Waals surface area contributed by atoms with Crippen molar-refractivity contribution >= 4 is 5.97 Å². The zero-order valence-electron chi connectivity index (χ0n) is 10.3. The van der Waals surface area contributed by atoms with Gasteiger partial charge in [-0.1, -0.05) is 27.2 Å². The van der Waals surface area contributed by atoms with Crippen LogP contribution in [0.1, 0.15) is 47.0 Å². The summed E-state index contributed by atoms with van der Waals surface area (Å²) in [5.41, 5.74) is 0. The topological polar surface area (TPSA) is 26.3 Å². The summed E-state index contributed by atoms with van der Waals surface area (Å²) in [5.74, 6) is 0.244. The summed E-state index contributed by atoms with van der Waals surface area (Å²) in [7, 11) is 0. The van der Waals surface area contributed by atoms with Gasteiger partial charge in [0.05, 0.1) is 6.61 Å². The van der Waals surface area contributed by atoms with E-state index in [-0.39, 0.29) is 11.9 Å². The third-order valence-electron chi connectivity index (χ3n) is 2.58. The molecule has 90 valence electrons. The second kappa shape index (κ2) is 7.66. The molecule has 0 aliphatic carbocycles. The molecular formula is C12H23FO2. The third-order valence-corrected chi connectivity index (χ3v) is 2.58. The average molecular weight is 218 g/mol. The molecule has 0 bridgehead atoms. The van der Waals surface area contributed by atoms with Gasteiger partial charge in [-0.15, -0.1) is 0 Å². The molecule has 0 aliphatic heterocycles. The second-order valence-electron chi connectivity index (χ2n) is 4.49. The standard InChI is InChI=1S/C12H23FO2/c1-5-9(2)6-12(13)7-10(3)8-15-11(4)14/h9-10,12H,5-8H2,1-4H3. The molecule has 0 spiro atoms. The first-order valence-corrected chi connectivity index (χ1v) is 5.73. The van der Waals surface area contributed by atoms with E-state index < -0.39 is 6.17 Å². The summed E-state index contributed by atoms with van der Waals surface area (Å²) in [6.45, 7) is 7.74. The summed E-state index contributed by atoms with van der Waals surface area (Å²) in [6.07, 6.45) is 1.34. The van der Waals surface area contributed by atoms with Crippen LogP contribution >= 0.6 is 0 Å². The van der Waals surface area contributed by atoms with Gasteiger partial charge in [0.15, 0.2) is 0 Å². The molecule has 3 atom stereocenters. The van der Waals surface area contributed by atoms with E-state index in [0.29, 0.717) is 25.4 Å². The minimum atomic E-state index is -0.773. The zero-order valence-corrected chi connectivity index (χ0v) is 10.3. The van der Waals surface area contributed by atoms with Crippen molar-refractivity contribution in [1.82, 2.24) is 0 Å². The summed E-state index contributed by atoms with van der Waals surface area (Å²) in [6, 6.07) is 0. The SMILES string of the molecule is CCC(C)CC(F)CC(C)COC(C)=O. The van der Waals surface area contributed by atoms with E-state index in [1.54, 1.807) is 0 Å². The first-order chi connectivity index (χ1) is 6.95. The Kier molecular flexibility index (Phi) is 7.35. The van der Waals surface area contributed by atoms with E-state index in [4.69, 9.17) is 4.74 Å². The summed E-state index contributed by atoms with van der Waals surface area (Å²) >= 11 is 0. The maximum Gasteiger partial charge on any atom is 0.302 e. The van der Waals surface area contributed by atoms with Gasteiger partial charge in [0, 0.05) is 6.92 Å². The number of hydrogen-bond donors (Lipinski definition) is 0. The van der Waals surface area contributed by atoms with Gasteiger partial charge in [-0.05, 0) is 24.7 Å². The van der Waals surface area contributed by atoms with E-state index in [2.05, 4.69) is 13.8 Å². The van der Waals surface area contributed by atoms with Crippen molar-refractivity contribution in [1.29, 1.82) is 0 Å². The molecule has 2 nitrogen and oxygen atoms in total. The van der Waals surface area contributed by atoms with Gasteiger partial charge in [0.1, 0.15) is 6.17 Å². The van der Waals surface area contributed by atoms with Crippen molar-refractivity contribution in [2.24, 2.45) is 11.8 Å². The predicted octanol–water partition coefficient (Wildman–Crippen LogP) is 3.35. The Balaban J connectivity index is 3.65. The molecule has 0 aromatic rings. The van der Waals surface area contributed by atoms with Crippen molar-refractivity contribution in [3.63, 3.8) is 0 Å². The lowest BCUT2D eigenvalue weighted by atomic mass is 9.96. The number of ether oxygens (including phenoxy) is 1. The zero-order chi connectivity index (χ0) is 11.8. The molecule has 0 amide bonds. The van der Waals surface area contributed by atoms with Gasteiger partial charge in [-0.2, -0.15) is 0 Å². The van der Waals surface area contributed by atoms with Gasteiger partial charge in [-0.25, -0.2) is 4.39 Å². The van der Waals surface area contributed by atoms with Crippen LogP contribution in [0, 0.1) is 11.8 Å². The Morgan fingerprint density at radius 3 is 2.27 bits per heavy atom. The van der Waals surface area contributed by atoms with E-state index in [1.165, 1.54) is 6.92 Å². The molecule has 3 unspecified atom stereocenters. The quantitative estimate of drug-likeness (QED) is 0.612. The smallest absolute Gasteiger partial charge is 0.302 e. The maximum atomic E-state index is 13.5. The summed E-state index contributed by atoms with van der Waals surface area (Å²) in [4.78, 5) is 10.5. The van der Waals surface area contributed by atoms with Gasteiger partial charge in [0.25, 0.3) is 0 Å². The lowest BCUT2D eigenvalue weighted by molar-refractivity contribution is -0.142. The molecule has 0 saturated heterocycles. The fourth-order valence-electron chi connectivity index (χ4n) is 1.46. The minimum Gasteiger partial charge on any atom is -0.466 e. The molecule has 15 heavy (non-hydrogen) atoms. The van der Waals surface area contributed by atoms with Gasteiger partial charge in [-0.3, -0.25) is 4.79 Å². The Morgan fingerprint density at radius 1 is 1.27 bits per heavy atom. The van der Waals surface area contributed by atoms with Crippen molar-refractivity contribution in [2.75, 3.05) is 6.61 Å². The van der Waals surface area contributed by atoms with E-state index >= 15 is 0 Å². The number of carbonyl (C=O) groups is 1. The number of alkyl halides is 1. The van der Waals surface area contributed by atoms with E-state index in [0.717, 1.165) is 6.42 Å². The molecule has 0 radical (unpaired) electrons. The van der Waals surface area contributed by atoms with Crippen LogP contribution in [0.5, 0.6) is 0 Å². The molecule has 0 heterocycles. The van der Waals surface area contributed by atoms with Gasteiger partial charge in [0.2, 0.25) is 0 Å². The second-order valence-corrected chi connectivity index (χ2v) is 4.49. The monoisotopic (exact) mass is 218 g/mol. The Morgan fingerprint density at radius 2 is 1.80 bits per heavy atom. The van der Waals surface area contributed by atoms with Crippen LogP contribution in [0.4, 0.5) is 4.39 Å². The van der Waals surface area contributed by atoms with Gasteiger partial charge >= 0.3 is 5.97 Å². The molecule has 0 rings (SSSR count). The van der Waals surface area contributed by atoms with Crippen LogP contribution in [0.15, 0.2) is 0 Å². The molecule has 0 saturated carbocycles. The molecule has 0 N–H and O–H groups in total. The molecular weight excluding hydrogens is 195 g/mol. The third kappa shape index (κ3) is 8.40. The fourth-order valence-corrected chi connectivity index (χ4v) is 1.46. The average Bonchev–Trinajstić information content (AvgIpc) is 2.14. The Labute approximate surface area is 92.2 Å². The number of rotatable bonds is 7. The highest BCUT2D eigenvalue weighted by atomic mass is 19.1. The van der Waals surface area contributed by atoms with E-state index in [1.807, 2.05) is 6.92 Å². The summed E-state index contributed by atoms with van der Waals surface area (Å²) < 4.78 is 18.3. The van der Waals surface area contributed by atoms with Crippen LogP contribution in [0.25, 0.3) is 0 Å². The lowest BCUT2D eigenvalue weighted by Crippen LogP contribution is -2.16. The fraction of sp³-hybridized carbons (Fsp3) is 0.917. The molecule has 0 aliphatic rings. The van der Waals surface area contributed by atoms with Crippen molar-refractivity contribution in [3.05, 3.63) is 0 Å². The van der Waals surface area contributed by atoms with Crippen LogP contribution in [0.3, 0.4) is 0 Å². The first kappa shape index (κ1) is 14.4. The maximum absolute atomic E-state index is 13.5. The number of halogens is 1. The number of esters is 1. The first-order valence-electron chi connectivity index (χ1n) is 5.73. The molecule has 3 heteroatoms. The normalized spacial score (nSPS) is 16.9. The van der Waals surface area contributed by atoms with Crippen molar-refractivity contribution in [3.8, 4) is 0 Å². The Bertz CT molecular complexity index is 182. The van der Waals surface area contributed by atoms with Gasteiger partial charge < -0.3 is 4.74 Å². The highest BCUT2D eigenvalue weighted by Gasteiger charge is 2.15. The van der Waals surface area contributed by atoms with Crippen LogP contribution in [-0.4, -0.2) is 18.7 Å². The Hall–Kier alpha value is -0.600. The largest absolute Gasteiger partial charge is 0.466 e. The molecule has 0 aromatic carbocycles. The lowest BCUT2D eigenvalue weighted by Gasteiger charge is -2.17. The van der Waals surface area contributed by atoms with Crippen LogP contribution < -0.4 is 0 Å². The van der Waals surface area contributed by atoms with Crippen LogP contribution in [0.2, 0.25) is 0 Å². The predicted molar refractivity (Wildman–Crippen MR) is 59.4 cm³/mol. The van der Waals surface area contributed by atoms with Crippen molar-refractivity contribution < 1.29 is 13.9 Å². The van der Waals surface area contributed by atoms with E-state index in [9.17, 15) is 9.18 Å². The minimum absolute atomic E-state index is 0.105. The highest BCUT2D eigenvalue weighted by Crippen LogP contribution is 2.18. The van der Waals surface area contributed by atoms with Crippen LogP contribution in [-0.2, 0) is 9.53 Å². The molecule has 0 aromatic heterocycles. The summed E-state index contributed by atoms with van der Waals surface area (Å²) in [5, 5.41) is 0. The highest BCUT2D eigenvalue weighted by molar-refractivity contribution is 5.65. The molecule has 0 fully saturated rings.